The Morgan fingerprint density at radius 3 is 2.64 bits per heavy atom. The Bertz CT molecular complexity index is 353. The first kappa shape index (κ1) is 10.6. The van der Waals surface area contributed by atoms with Crippen LogP contribution in [0.25, 0.3) is 0 Å². The molecule has 0 atom stereocenters. The van der Waals surface area contributed by atoms with Gasteiger partial charge < -0.3 is 4.74 Å². The van der Waals surface area contributed by atoms with Crippen LogP contribution in [0, 0.1) is 11.3 Å². The van der Waals surface area contributed by atoms with Gasteiger partial charge in [-0.05, 0) is 24.3 Å². The number of hydrogen-bond acceptors (Lipinski definition) is 4. The van der Waals surface area contributed by atoms with Crippen molar-refractivity contribution in [3.8, 4) is 6.07 Å². The lowest BCUT2D eigenvalue weighted by atomic mass is 10.2. The standard InChI is InChI=1S/C10H9NO2S/c1-13-10(12)8-2-4-9(5-3-8)14-7-6-11/h2-5H,7H2,1H3. The SMILES string of the molecule is COC(=O)c1ccc(SCC#N)cc1. The number of nitriles is 1. The number of benzene rings is 1. The summed E-state index contributed by atoms with van der Waals surface area (Å²) < 4.78 is 4.56. The summed E-state index contributed by atoms with van der Waals surface area (Å²) in [5.74, 6) is 0.0687. The van der Waals surface area contributed by atoms with Gasteiger partial charge >= 0.3 is 5.97 Å². The zero-order chi connectivity index (χ0) is 10.4. The van der Waals surface area contributed by atoms with Gasteiger partial charge in [0.1, 0.15) is 0 Å². The predicted molar refractivity (Wildman–Crippen MR) is 54.1 cm³/mol. The first-order valence-electron chi connectivity index (χ1n) is 3.96. The molecular weight excluding hydrogens is 198 g/mol. The van der Waals surface area contributed by atoms with E-state index in [0.29, 0.717) is 11.3 Å². The first-order valence-corrected chi connectivity index (χ1v) is 4.94. The lowest BCUT2D eigenvalue weighted by Crippen LogP contribution is -2.00. The molecule has 0 saturated heterocycles. The molecule has 1 rings (SSSR count). The maximum absolute atomic E-state index is 11.1. The van der Waals surface area contributed by atoms with Gasteiger partial charge in [0.25, 0.3) is 0 Å². The molecule has 0 aliphatic rings. The number of carbonyl (C=O) groups excluding carboxylic acids is 1. The van der Waals surface area contributed by atoms with E-state index in [1.807, 2.05) is 6.07 Å². The molecule has 0 aromatic heterocycles. The minimum absolute atomic E-state index is 0.346. The van der Waals surface area contributed by atoms with E-state index in [4.69, 9.17) is 5.26 Å². The molecule has 0 N–H and O–H groups in total. The van der Waals surface area contributed by atoms with Gasteiger partial charge in [-0.1, -0.05) is 0 Å². The summed E-state index contributed by atoms with van der Waals surface area (Å²) in [7, 11) is 1.35. The van der Waals surface area contributed by atoms with Crippen molar-refractivity contribution in [3.05, 3.63) is 29.8 Å². The van der Waals surface area contributed by atoms with E-state index in [1.54, 1.807) is 24.3 Å². The summed E-state index contributed by atoms with van der Waals surface area (Å²) in [5.41, 5.74) is 0.522. The number of ether oxygens (including phenoxy) is 1. The molecule has 0 fully saturated rings. The van der Waals surface area contributed by atoms with Crippen molar-refractivity contribution in [1.82, 2.24) is 0 Å². The van der Waals surface area contributed by atoms with E-state index in [9.17, 15) is 4.79 Å². The zero-order valence-corrected chi connectivity index (χ0v) is 8.50. The Hall–Kier alpha value is -1.47. The minimum Gasteiger partial charge on any atom is -0.465 e. The molecule has 0 saturated carbocycles. The fraction of sp³-hybridized carbons (Fsp3) is 0.200. The normalized spacial score (nSPS) is 9.14. The van der Waals surface area contributed by atoms with Crippen molar-refractivity contribution in [2.75, 3.05) is 12.9 Å². The van der Waals surface area contributed by atoms with Gasteiger partial charge in [-0.2, -0.15) is 5.26 Å². The molecule has 0 radical (unpaired) electrons. The molecular formula is C10H9NO2S. The molecule has 72 valence electrons. The molecule has 0 spiro atoms. The second-order valence-corrected chi connectivity index (χ2v) is 3.51. The van der Waals surface area contributed by atoms with E-state index in [0.717, 1.165) is 4.90 Å². The number of thioether (sulfide) groups is 1. The number of hydrogen-bond donors (Lipinski definition) is 0. The van der Waals surface area contributed by atoms with Crippen molar-refractivity contribution in [3.63, 3.8) is 0 Å². The van der Waals surface area contributed by atoms with Gasteiger partial charge in [-0.15, -0.1) is 11.8 Å². The Morgan fingerprint density at radius 1 is 1.50 bits per heavy atom. The fourth-order valence-corrected chi connectivity index (χ4v) is 1.48. The van der Waals surface area contributed by atoms with Crippen molar-refractivity contribution >= 4 is 17.7 Å². The highest BCUT2D eigenvalue weighted by molar-refractivity contribution is 7.99. The van der Waals surface area contributed by atoms with Crippen molar-refractivity contribution in [1.29, 1.82) is 5.26 Å². The number of esters is 1. The van der Waals surface area contributed by atoms with Crippen molar-refractivity contribution < 1.29 is 9.53 Å². The number of carbonyl (C=O) groups is 1. The van der Waals surface area contributed by atoms with Gasteiger partial charge in [-0.25, -0.2) is 4.79 Å². The second kappa shape index (κ2) is 5.30. The summed E-state index contributed by atoms with van der Waals surface area (Å²) in [6.45, 7) is 0. The predicted octanol–water partition coefficient (Wildman–Crippen LogP) is 2.09. The van der Waals surface area contributed by atoms with Crippen LogP contribution in [0.15, 0.2) is 29.2 Å². The molecule has 14 heavy (non-hydrogen) atoms. The summed E-state index contributed by atoms with van der Waals surface area (Å²) in [4.78, 5) is 12.0. The number of nitrogens with zero attached hydrogens (tertiary/aromatic N) is 1. The van der Waals surface area contributed by atoms with E-state index in [1.165, 1.54) is 18.9 Å². The third kappa shape index (κ3) is 2.79. The highest BCUT2D eigenvalue weighted by Crippen LogP contribution is 2.17. The van der Waals surface area contributed by atoms with Gasteiger partial charge in [0.2, 0.25) is 0 Å². The third-order valence-electron chi connectivity index (χ3n) is 1.58. The highest BCUT2D eigenvalue weighted by atomic mass is 32.2. The van der Waals surface area contributed by atoms with E-state index in [-0.39, 0.29) is 5.97 Å². The van der Waals surface area contributed by atoms with Crippen LogP contribution in [-0.4, -0.2) is 18.8 Å². The van der Waals surface area contributed by atoms with Crippen LogP contribution < -0.4 is 0 Å². The molecule has 0 heterocycles. The molecule has 1 aromatic carbocycles. The summed E-state index contributed by atoms with van der Waals surface area (Å²) in [6, 6.07) is 9.01. The number of methoxy groups -OCH3 is 1. The average molecular weight is 207 g/mol. The van der Waals surface area contributed by atoms with E-state index in [2.05, 4.69) is 4.74 Å². The van der Waals surface area contributed by atoms with Gasteiger partial charge in [0, 0.05) is 4.90 Å². The summed E-state index contributed by atoms with van der Waals surface area (Å²) in [6.07, 6.45) is 0. The largest absolute Gasteiger partial charge is 0.465 e. The first-order chi connectivity index (χ1) is 6.77. The maximum atomic E-state index is 11.1. The van der Waals surface area contributed by atoms with Crippen LogP contribution in [0.2, 0.25) is 0 Å². The molecule has 0 unspecified atom stereocenters. The van der Waals surface area contributed by atoms with Crippen LogP contribution >= 0.6 is 11.8 Å². The molecule has 0 aliphatic carbocycles. The molecule has 0 bridgehead atoms. The minimum atomic E-state index is -0.346. The lowest BCUT2D eigenvalue weighted by Gasteiger charge is -2.00. The Morgan fingerprint density at radius 2 is 2.14 bits per heavy atom. The van der Waals surface area contributed by atoms with Gasteiger partial charge in [-0.3, -0.25) is 0 Å². The van der Waals surface area contributed by atoms with Crippen molar-refractivity contribution in [2.45, 2.75) is 4.90 Å². The average Bonchev–Trinajstić information content (AvgIpc) is 2.26. The Balaban J connectivity index is 2.69. The van der Waals surface area contributed by atoms with Crippen LogP contribution in [0.3, 0.4) is 0 Å². The third-order valence-corrected chi connectivity index (χ3v) is 2.46. The smallest absolute Gasteiger partial charge is 0.337 e. The van der Waals surface area contributed by atoms with Crippen molar-refractivity contribution in [2.24, 2.45) is 0 Å². The molecule has 3 nitrogen and oxygen atoms in total. The summed E-state index contributed by atoms with van der Waals surface area (Å²) >= 11 is 1.44. The second-order valence-electron chi connectivity index (χ2n) is 2.46. The van der Waals surface area contributed by atoms with Gasteiger partial charge in [0.15, 0.2) is 0 Å². The van der Waals surface area contributed by atoms with Crippen LogP contribution in [0.5, 0.6) is 0 Å². The molecule has 0 aliphatic heterocycles. The highest BCUT2D eigenvalue weighted by Gasteiger charge is 2.03. The monoisotopic (exact) mass is 207 g/mol. The molecule has 4 heteroatoms. The molecule has 1 aromatic rings. The maximum Gasteiger partial charge on any atom is 0.337 e. The molecule has 0 amide bonds. The van der Waals surface area contributed by atoms with Gasteiger partial charge in [0.05, 0.1) is 24.5 Å². The fourth-order valence-electron chi connectivity index (χ4n) is 0.921. The lowest BCUT2D eigenvalue weighted by molar-refractivity contribution is 0.0600. The zero-order valence-electron chi connectivity index (χ0n) is 7.69. The van der Waals surface area contributed by atoms with E-state index < -0.39 is 0 Å². The van der Waals surface area contributed by atoms with Crippen LogP contribution in [-0.2, 0) is 4.74 Å². The Labute approximate surface area is 86.7 Å². The summed E-state index contributed by atoms with van der Waals surface area (Å²) in [5, 5.41) is 8.36. The van der Waals surface area contributed by atoms with Crippen LogP contribution in [0.1, 0.15) is 10.4 Å². The van der Waals surface area contributed by atoms with E-state index >= 15 is 0 Å². The Kier molecular flexibility index (Phi) is 4.02. The van der Waals surface area contributed by atoms with Crippen LogP contribution in [0.4, 0.5) is 0 Å². The number of rotatable bonds is 3. The quantitative estimate of drug-likeness (QED) is 0.562. The topological polar surface area (TPSA) is 50.1 Å².